The molecule has 0 bridgehead atoms. The van der Waals surface area contributed by atoms with E-state index in [9.17, 15) is 9.59 Å². The molecule has 0 aliphatic carbocycles. The average Bonchev–Trinajstić information content (AvgIpc) is 2.98. The largest absolute Gasteiger partial charge is 0.463 e. The summed E-state index contributed by atoms with van der Waals surface area (Å²) >= 11 is 3.29. The van der Waals surface area contributed by atoms with E-state index in [0.717, 1.165) is 10.7 Å². The summed E-state index contributed by atoms with van der Waals surface area (Å²) < 4.78 is 5.90. The van der Waals surface area contributed by atoms with Crippen molar-refractivity contribution in [1.29, 1.82) is 0 Å². The Balaban J connectivity index is 1.78. The van der Waals surface area contributed by atoms with Crippen LogP contribution in [0.2, 0.25) is 0 Å². The fourth-order valence-electron chi connectivity index (χ4n) is 1.93. The van der Waals surface area contributed by atoms with Gasteiger partial charge in [0.05, 0.1) is 18.9 Å². The number of carbonyl (C=O) groups is 2. The first kappa shape index (κ1) is 16.3. The Morgan fingerprint density at radius 2 is 1.95 bits per heavy atom. The van der Waals surface area contributed by atoms with Crippen molar-refractivity contribution < 1.29 is 18.9 Å². The first-order chi connectivity index (χ1) is 10.6. The van der Waals surface area contributed by atoms with Crippen molar-refractivity contribution in [3.63, 3.8) is 0 Å². The minimum absolute atomic E-state index is 0.219. The third-order valence-corrected chi connectivity index (χ3v) is 3.64. The van der Waals surface area contributed by atoms with E-state index in [1.165, 1.54) is 0 Å². The fraction of sp³-hybridized carbons (Fsp3) is 0.200. The highest BCUT2D eigenvalue weighted by atomic mass is 79.9. The number of halogens is 1. The van der Waals surface area contributed by atoms with Gasteiger partial charge in [-0.1, -0.05) is 12.1 Å². The molecule has 1 aromatic heterocycles. The molecule has 1 aromatic carbocycles. The van der Waals surface area contributed by atoms with Crippen LogP contribution in [0, 0.1) is 0 Å². The number of likely N-dealkylation sites (N-methyl/N-ethyl adjacent to an activating group) is 1. The summed E-state index contributed by atoms with van der Waals surface area (Å²) in [6.45, 7) is 0.815. The SMILES string of the molecule is C[NH+](CC(=O)NNC(=O)c1ccccc1Br)Cc1ccco1. The Morgan fingerprint density at radius 1 is 1.18 bits per heavy atom. The maximum atomic E-state index is 11.9. The van der Waals surface area contributed by atoms with Gasteiger partial charge in [0.25, 0.3) is 11.8 Å². The molecule has 1 atom stereocenters. The number of hydrazine groups is 1. The zero-order valence-electron chi connectivity index (χ0n) is 12.1. The van der Waals surface area contributed by atoms with Crippen LogP contribution in [0.3, 0.4) is 0 Å². The Labute approximate surface area is 136 Å². The number of furan rings is 1. The van der Waals surface area contributed by atoms with E-state index in [4.69, 9.17) is 4.42 Å². The summed E-state index contributed by atoms with van der Waals surface area (Å²) in [5.41, 5.74) is 5.26. The van der Waals surface area contributed by atoms with Crippen molar-refractivity contribution in [2.45, 2.75) is 6.54 Å². The molecule has 6 nitrogen and oxygen atoms in total. The van der Waals surface area contributed by atoms with Crippen molar-refractivity contribution in [3.8, 4) is 0 Å². The predicted molar refractivity (Wildman–Crippen MR) is 83.9 cm³/mol. The summed E-state index contributed by atoms with van der Waals surface area (Å²) in [6.07, 6.45) is 1.60. The van der Waals surface area contributed by atoms with E-state index in [-0.39, 0.29) is 18.4 Å². The van der Waals surface area contributed by atoms with Crippen molar-refractivity contribution >= 4 is 27.7 Å². The lowest BCUT2D eigenvalue weighted by Gasteiger charge is -2.13. The summed E-state index contributed by atoms with van der Waals surface area (Å²) in [6, 6.07) is 10.7. The molecule has 0 aliphatic rings. The Bertz CT molecular complexity index is 643. The van der Waals surface area contributed by atoms with E-state index >= 15 is 0 Å². The Kier molecular flexibility index (Phi) is 5.74. The third kappa shape index (κ3) is 4.71. The maximum absolute atomic E-state index is 11.9. The Hall–Kier alpha value is -2.12. The van der Waals surface area contributed by atoms with Crippen molar-refractivity contribution in [3.05, 3.63) is 58.5 Å². The number of hydrogen-bond donors (Lipinski definition) is 3. The highest BCUT2D eigenvalue weighted by molar-refractivity contribution is 9.10. The van der Waals surface area contributed by atoms with Crippen LogP contribution in [0.4, 0.5) is 0 Å². The Morgan fingerprint density at radius 3 is 2.64 bits per heavy atom. The highest BCUT2D eigenvalue weighted by Crippen LogP contribution is 2.14. The number of nitrogens with one attached hydrogen (secondary N) is 3. The molecule has 2 aromatic rings. The van der Waals surface area contributed by atoms with Gasteiger partial charge in [0, 0.05) is 4.47 Å². The van der Waals surface area contributed by atoms with E-state index in [0.29, 0.717) is 16.6 Å². The molecule has 1 heterocycles. The fourth-order valence-corrected chi connectivity index (χ4v) is 2.40. The summed E-state index contributed by atoms with van der Waals surface area (Å²) in [5.74, 6) is 0.163. The topological polar surface area (TPSA) is 75.8 Å². The van der Waals surface area contributed by atoms with Crippen molar-refractivity contribution in [1.82, 2.24) is 10.9 Å². The van der Waals surface area contributed by atoms with Crippen LogP contribution in [-0.4, -0.2) is 25.4 Å². The molecule has 0 fully saturated rings. The summed E-state index contributed by atoms with van der Waals surface area (Å²) in [5, 5.41) is 0. The van der Waals surface area contributed by atoms with Crippen LogP contribution in [0.5, 0.6) is 0 Å². The molecule has 22 heavy (non-hydrogen) atoms. The molecule has 0 saturated heterocycles. The second-order valence-corrected chi connectivity index (χ2v) is 5.73. The minimum Gasteiger partial charge on any atom is -0.463 e. The van der Waals surface area contributed by atoms with Gasteiger partial charge in [-0.05, 0) is 40.2 Å². The van der Waals surface area contributed by atoms with Gasteiger partial charge in [-0.3, -0.25) is 20.4 Å². The molecule has 0 radical (unpaired) electrons. The van der Waals surface area contributed by atoms with Gasteiger partial charge in [0.15, 0.2) is 12.3 Å². The molecule has 0 aliphatic heterocycles. The zero-order chi connectivity index (χ0) is 15.9. The number of carbonyl (C=O) groups excluding carboxylic acids is 2. The number of hydrogen-bond acceptors (Lipinski definition) is 3. The lowest BCUT2D eigenvalue weighted by atomic mass is 10.2. The second kappa shape index (κ2) is 7.77. The van der Waals surface area contributed by atoms with E-state index in [2.05, 4.69) is 26.8 Å². The predicted octanol–water partition coefficient (Wildman–Crippen LogP) is 0.518. The standard InChI is InChI=1S/C15H16BrN3O3/c1-19(9-11-5-4-8-22-11)10-14(20)17-18-15(21)12-6-2-3-7-13(12)16/h2-8H,9-10H2,1H3,(H,17,20)(H,18,21)/p+1. The molecule has 3 N–H and O–H groups in total. The number of benzene rings is 1. The van der Waals surface area contributed by atoms with Gasteiger partial charge in [-0.15, -0.1) is 0 Å². The molecule has 0 spiro atoms. The second-order valence-electron chi connectivity index (χ2n) is 4.87. The van der Waals surface area contributed by atoms with Crippen LogP contribution in [0.15, 0.2) is 51.6 Å². The van der Waals surface area contributed by atoms with E-state index < -0.39 is 0 Å². The monoisotopic (exact) mass is 366 g/mol. The van der Waals surface area contributed by atoms with Crippen LogP contribution in [0.1, 0.15) is 16.1 Å². The smallest absolute Gasteiger partial charge is 0.293 e. The third-order valence-electron chi connectivity index (χ3n) is 2.95. The number of quaternary nitrogens is 1. The average molecular weight is 367 g/mol. The molecular weight excluding hydrogens is 350 g/mol. The number of rotatable bonds is 5. The normalized spacial score (nSPS) is 11.7. The van der Waals surface area contributed by atoms with Gasteiger partial charge < -0.3 is 9.32 Å². The molecule has 2 rings (SSSR count). The van der Waals surface area contributed by atoms with Gasteiger partial charge in [0.1, 0.15) is 6.54 Å². The van der Waals surface area contributed by atoms with Crippen molar-refractivity contribution in [2.75, 3.05) is 13.6 Å². The molecular formula is C15H17BrN3O3+. The highest BCUT2D eigenvalue weighted by Gasteiger charge is 2.14. The first-order valence-corrected chi connectivity index (χ1v) is 7.53. The van der Waals surface area contributed by atoms with Gasteiger partial charge >= 0.3 is 0 Å². The minimum atomic E-state index is -0.371. The zero-order valence-corrected chi connectivity index (χ0v) is 13.6. The van der Waals surface area contributed by atoms with E-state index in [1.54, 1.807) is 30.5 Å². The van der Waals surface area contributed by atoms with Gasteiger partial charge in [-0.25, -0.2) is 0 Å². The van der Waals surface area contributed by atoms with Gasteiger partial charge in [0.2, 0.25) is 0 Å². The molecule has 7 heteroatoms. The maximum Gasteiger partial charge on any atom is 0.293 e. The quantitative estimate of drug-likeness (QED) is 0.675. The van der Waals surface area contributed by atoms with Crippen LogP contribution in [0.25, 0.3) is 0 Å². The summed E-state index contributed by atoms with van der Waals surface area (Å²) in [4.78, 5) is 24.7. The lowest BCUT2D eigenvalue weighted by Crippen LogP contribution is -3.09. The van der Waals surface area contributed by atoms with E-state index in [1.807, 2.05) is 19.2 Å². The van der Waals surface area contributed by atoms with Crippen molar-refractivity contribution in [2.24, 2.45) is 0 Å². The molecule has 2 amide bonds. The molecule has 0 saturated carbocycles. The summed E-state index contributed by atoms with van der Waals surface area (Å²) in [7, 11) is 1.87. The van der Waals surface area contributed by atoms with Crippen LogP contribution in [-0.2, 0) is 11.3 Å². The molecule has 1 unspecified atom stereocenters. The molecule has 116 valence electrons. The number of amides is 2. The van der Waals surface area contributed by atoms with Gasteiger partial charge in [-0.2, -0.15) is 0 Å². The first-order valence-electron chi connectivity index (χ1n) is 6.73. The van der Waals surface area contributed by atoms with Crippen LogP contribution >= 0.6 is 15.9 Å². The lowest BCUT2D eigenvalue weighted by molar-refractivity contribution is -0.886. The van der Waals surface area contributed by atoms with Crippen LogP contribution < -0.4 is 15.8 Å².